The standard InChI is InChI=1S/C11H12N2O2S/c1-15-11(14)5-4-10-12-7-8(13-10)9-3-2-6-16-9/h2-3,6-7H,4-5H2,1H3,(H,12,13). The molecular formula is C11H12N2O2S. The fourth-order valence-corrected chi connectivity index (χ4v) is 2.06. The monoisotopic (exact) mass is 236 g/mol. The largest absolute Gasteiger partial charge is 0.469 e. The van der Waals surface area contributed by atoms with Gasteiger partial charge in [0.15, 0.2) is 0 Å². The molecule has 4 nitrogen and oxygen atoms in total. The molecule has 0 radical (unpaired) electrons. The van der Waals surface area contributed by atoms with Crippen molar-refractivity contribution in [2.75, 3.05) is 7.11 Å². The number of carbonyl (C=O) groups excluding carboxylic acids is 1. The number of carbonyl (C=O) groups is 1. The molecule has 0 aliphatic rings. The molecule has 2 aromatic heterocycles. The van der Waals surface area contributed by atoms with Crippen molar-refractivity contribution in [1.29, 1.82) is 0 Å². The van der Waals surface area contributed by atoms with Crippen LogP contribution >= 0.6 is 11.3 Å². The Hall–Kier alpha value is -1.62. The molecule has 1 N–H and O–H groups in total. The predicted octanol–water partition coefficient (Wildman–Crippen LogP) is 2.24. The number of aromatic amines is 1. The molecule has 0 saturated heterocycles. The van der Waals surface area contributed by atoms with Crippen LogP contribution in [0, 0.1) is 0 Å². The number of esters is 1. The smallest absolute Gasteiger partial charge is 0.305 e. The molecule has 2 rings (SSSR count). The number of aromatic nitrogens is 2. The van der Waals surface area contributed by atoms with Crippen LogP contribution in [0.4, 0.5) is 0 Å². The molecule has 0 aromatic carbocycles. The lowest BCUT2D eigenvalue weighted by atomic mass is 10.3. The van der Waals surface area contributed by atoms with Crippen LogP contribution in [0.5, 0.6) is 0 Å². The number of hydrogen-bond acceptors (Lipinski definition) is 4. The fraction of sp³-hybridized carbons (Fsp3) is 0.273. The summed E-state index contributed by atoms with van der Waals surface area (Å²) in [5.41, 5.74) is 0.995. The minimum atomic E-state index is -0.214. The van der Waals surface area contributed by atoms with E-state index >= 15 is 0 Å². The van der Waals surface area contributed by atoms with Gasteiger partial charge in [0.1, 0.15) is 5.82 Å². The minimum Gasteiger partial charge on any atom is -0.469 e. The second kappa shape index (κ2) is 4.94. The molecule has 0 unspecified atom stereocenters. The first-order valence-electron chi connectivity index (χ1n) is 4.94. The molecule has 16 heavy (non-hydrogen) atoms. The number of hydrogen-bond donors (Lipinski definition) is 1. The van der Waals surface area contributed by atoms with Gasteiger partial charge in [-0.3, -0.25) is 4.79 Å². The second-order valence-corrected chi connectivity index (χ2v) is 4.24. The maximum absolute atomic E-state index is 11.0. The number of imidazole rings is 1. The van der Waals surface area contributed by atoms with E-state index < -0.39 is 0 Å². The van der Waals surface area contributed by atoms with Crippen molar-refractivity contribution in [3.05, 3.63) is 29.5 Å². The Bertz CT molecular complexity index is 462. The van der Waals surface area contributed by atoms with Gasteiger partial charge in [-0.25, -0.2) is 4.98 Å². The van der Waals surface area contributed by atoms with Crippen LogP contribution in [0.25, 0.3) is 10.6 Å². The van der Waals surface area contributed by atoms with Crippen molar-refractivity contribution < 1.29 is 9.53 Å². The summed E-state index contributed by atoms with van der Waals surface area (Å²) in [4.78, 5) is 19.5. The van der Waals surface area contributed by atoms with E-state index in [1.54, 1.807) is 17.5 Å². The van der Waals surface area contributed by atoms with E-state index in [4.69, 9.17) is 0 Å². The van der Waals surface area contributed by atoms with Crippen molar-refractivity contribution >= 4 is 17.3 Å². The zero-order valence-electron chi connectivity index (χ0n) is 8.90. The molecule has 84 valence electrons. The SMILES string of the molecule is COC(=O)CCc1ncc(-c2cccs2)[nH]1. The van der Waals surface area contributed by atoms with Crippen molar-refractivity contribution in [1.82, 2.24) is 9.97 Å². The number of methoxy groups -OCH3 is 1. The molecule has 0 aliphatic heterocycles. The van der Waals surface area contributed by atoms with Gasteiger partial charge in [-0.15, -0.1) is 11.3 Å². The third-order valence-corrected chi connectivity index (χ3v) is 3.11. The Morgan fingerprint density at radius 3 is 3.19 bits per heavy atom. The molecule has 0 aliphatic carbocycles. The Balaban J connectivity index is 2.00. The Morgan fingerprint density at radius 1 is 1.62 bits per heavy atom. The number of nitrogens with one attached hydrogen (secondary N) is 1. The van der Waals surface area contributed by atoms with Gasteiger partial charge in [-0.1, -0.05) is 6.07 Å². The van der Waals surface area contributed by atoms with Gasteiger partial charge < -0.3 is 9.72 Å². The first-order valence-corrected chi connectivity index (χ1v) is 5.82. The summed E-state index contributed by atoms with van der Waals surface area (Å²) < 4.78 is 4.57. The third kappa shape index (κ3) is 2.49. The summed E-state index contributed by atoms with van der Waals surface area (Å²) in [5.74, 6) is 0.600. The quantitative estimate of drug-likeness (QED) is 0.828. The average Bonchev–Trinajstić information content (AvgIpc) is 2.95. The van der Waals surface area contributed by atoms with E-state index in [0.29, 0.717) is 12.8 Å². The molecule has 0 bridgehead atoms. The summed E-state index contributed by atoms with van der Waals surface area (Å²) in [6.07, 6.45) is 2.73. The van der Waals surface area contributed by atoms with Gasteiger partial charge in [0, 0.05) is 6.42 Å². The van der Waals surface area contributed by atoms with Crippen LogP contribution in [0.2, 0.25) is 0 Å². The molecule has 2 heterocycles. The molecule has 0 fully saturated rings. The van der Waals surface area contributed by atoms with Crippen LogP contribution in [-0.2, 0) is 16.0 Å². The van der Waals surface area contributed by atoms with Crippen molar-refractivity contribution in [2.45, 2.75) is 12.8 Å². The average molecular weight is 236 g/mol. The summed E-state index contributed by atoms with van der Waals surface area (Å²) in [6, 6.07) is 4.03. The summed E-state index contributed by atoms with van der Waals surface area (Å²) in [5, 5.41) is 2.02. The van der Waals surface area contributed by atoms with E-state index in [9.17, 15) is 4.79 Å². The molecule has 0 spiro atoms. The summed E-state index contributed by atoms with van der Waals surface area (Å²) in [6.45, 7) is 0. The Morgan fingerprint density at radius 2 is 2.50 bits per heavy atom. The van der Waals surface area contributed by atoms with E-state index in [1.165, 1.54) is 7.11 Å². The van der Waals surface area contributed by atoms with Crippen LogP contribution in [0.1, 0.15) is 12.2 Å². The van der Waals surface area contributed by atoms with Crippen molar-refractivity contribution in [3.8, 4) is 10.6 Å². The number of rotatable bonds is 4. The number of aryl methyl sites for hydroxylation is 1. The maximum atomic E-state index is 11.0. The van der Waals surface area contributed by atoms with Gasteiger partial charge in [-0.05, 0) is 11.4 Å². The highest BCUT2D eigenvalue weighted by Crippen LogP contribution is 2.22. The fourth-order valence-electron chi connectivity index (χ4n) is 1.37. The highest BCUT2D eigenvalue weighted by atomic mass is 32.1. The van der Waals surface area contributed by atoms with Crippen molar-refractivity contribution in [3.63, 3.8) is 0 Å². The molecular weight excluding hydrogens is 224 g/mol. The lowest BCUT2D eigenvalue weighted by molar-refractivity contribution is -0.140. The van der Waals surface area contributed by atoms with Gasteiger partial charge >= 0.3 is 5.97 Å². The Labute approximate surface area is 97.3 Å². The van der Waals surface area contributed by atoms with E-state index in [0.717, 1.165) is 16.4 Å². The topological polar surface area (TPSA) is 55.0 Å². The predicted molar refractivity (Wildman–Crippen MR) is 62.2 cm³/mol. The van der Waals surface area contributed by atoms with E-state index in [2.05, 4.69) is 14.7 Å². The first kappa shape index (κ1) is 10.9. The Kier molecular flexibility index (Phi) is 3.36. The van der Waals surface area contributed by atoms with Gasteiger partial charge in [-0.2, -0.15) is 0 Å². The number of nitrogens with zero attached hydrogens (tertiary/aromatic N) is 1. The normalized spacial score (nSPS) is 10.3. The maximum Gasteiger partial charge on any atom is 0.305 e. The van der Waals surface area contributed by atoms with Crippen LogP contribution in [-0.4, -0.2) is 23.0 Å². The molecule has 0 atom stereocenters. The molecule has 2 aromatic rings. The third-order valence-electron chi connectivity index (χ3n) is 2.21. The number of H-pyrrole nitrogens is 1. The first-order chi connectivity index (χ1) is 7.79. The lowest BCUT2D eigenvalue weighted by Crippen LogP contribution is -2.02. The zero-order valence-corrected chi connectivity index (χ0v) is 9.71. The van der Waals surface area contributed by atoms with E-state index in [-0.39, 0.29) is 5.97 Å². The van der Waals surface area contributed by atoms with Crippen LogP contribution < -0.4 is 0 Å². The van der Waals surface area contributed by atoms with Crippen LogP contribution in [0.15, 0.2) is 23.7 Å². The second-order valence-electron chi connectivity index (χ2n) is 3.30. The molecule has 0 amide bonds. The molecule has 5 heteroatoms. The highest BCUT2D eigenvalue weighted by molar-refractivity contribution is 7.13. The number of ether oxygens (including phenoxy) is 1. The summed E-state index contributed by atoms with van der Waals surface area (Å²) in [7, 11) is 1.39. The van der Waals surface area contributed by atoms with Crippen LogP contribution in [0.3, 0.4) is 0 Å². The van der Waals surface area contributed by atoms with Gasteiger partial charge in [0.25, 0.3) is 0 Å². The van der Waals surface area contributed by atoms with E-state index in [1.807, 2.05) is 17.5 Å². The highest BCUT2D eigenvalue weighted by Gasteiger charge is 2.06. The van der Waals surface area contributed by atoms with Gasteiger partial charge in [0.2, 0.25) is 0 Å². The zero-order chi connectivity index (χ0) is 11.4. The number of thiophene rings is 1. The summed E-state index contributed by atoms with van der Waals surface area (Å²) >= 11 is 1.66. The van der Waals surface area contributed by atoms with Gasteiger partial charge in [0.05, 0.1) is 30.3 Å². The lowest BCUT2D eigenvalue weighted by Gasteiger charge is -1.96. The molecule has 0 saturated carbocycles. The minimum absolute atomic E-state index is 0.214. The van der Waals surface area contributed by atoms with Crippen molar-refractivity contribution in [2.24, 2.45) is 0 Å².